The third-order valence-corrected chi connectivity index (χ3v) is 3.11. The van der Waals surface area contributed by atoms with Gasteiger partial charge in [0.15, 0.2) is 0 Å². The third kappa shape index (κ3) is 1.89. The maximum absolute atomic E-state index is 8.89. The van der Waals surface area contributed by atoms with Gasteiger partial charge in [-0.25, -0.2) is 4.98 Å². The van der Waals surface area contributed by atoms with Crippen LogP contribution in [-0.4, -0.2) is 33.6 Å². The normalized spacial score (nSPS) is 23.1. The van der Waals surface area contributed by atoms with Gasteiger partial charge in [0.2, 0.25) is 0 Å². The Morgan fingerprint density at radius 3 is 3.17 bits per heavy atom. The van der Waals surface area contributed by atoms with Gasteiger partial charge in [-0.3, -0.25) is 0 Å². The number of fused-ring (bicyclic) bond motifs is 1. The molecule has 1 saturated heterocycles. The molecule has 2 N–H and O–H groups in total. The van der Waals surface area contributed by atoms with E-state index in [0.717, 1.165) is 18.4 Å². The van der Waals surface area contributed by atoms with Crippen molar-refractivity contribution in [2.24, 2.45) is 0 Å². The first kappa shape index (κ1) is 11.0. The van der Waals surface area contributed by atoms with Crippen molar-refractivity contribution in [1.29, 1.82) is 5.26 Å². The lowest BCUT2D eigenvalue weighted by molar-refractivity contribution is 0.203. The molecular formula is C12H13N5O. The van der Waals surface area contributed by atoms with E-state index in [4.69, 9.17) is 10.00 Å². The lowest BCUT2D eigenvalue weighted by Gasteiger charge is -2.10. The molecule has 2 atom stereocenters. The number of aromatic nitrogens is 3. The fourth-order valence-electron chi connectivity index (χ4n) is 2.17. The lowest BCUT2D eigenvalue weighted by Crippen LogP contribution is -2.21. The number of hydrogen-bond donors (Lipinski definition) is 2. The summed E-state index contributed by atoms with van der Waals surface area (Å²) in [5.41, 5.74) is 1.18. The van der Waals surface area contributed by atoms with E-state index >= 15 is 0 Å². The van der Waals surface area contributed by atoms with Crippen molar-refractivity contribution in [3.05, 3.63) is 18.0 Å². The molecule has 0 saturated carbocycles. The van der Waals surface area contributed by atoms with E-state index in [1.165, 1.54) is 0 Å². The van der Waals surface area contributed by atoms with E-state index in [2.05, 4.69) is 33.3 Å². The Labute approximate surface area is 104 Å². The standard InChI is InChI=1S/C12H13N5O/c1-7-2-9(5-14-7)18-12-16-6-10-8(3-13)4-15-11(10)17-12/h4,6-7,9,14H,2,5H2,1H3,(H,15,16,17)/t7-,9+/m0/s1. The SMILES string of the molecule is C[C@H]1C[C@@H](Oc2ncc3c(C#N)c[nH]c3n2)CN1. The van der Waals surface area contributed by atoms with Crippen LogP contribution in [0.2, 0.25) is 0 Å². The predicted molar refractivity (Wildman–Crippen MR) is 65.1 cm³/mol. The largest absolute Gasteiger partial charge is 0.459 e. The highest BCUT2D eigenvalue weighted by Gasteiger charge is 2.23. The van der Waals surface area contributed by atoms with E-state index in [1.54, 1.807) is 12.4 Å². The van der Waals surface area contributed by atoms with Gasteiger partial charge < -0.3 is 15.0 Å². The van der Waals surface area contributed by atoms with Gasteiger partial charge in [0.25, 0.3) is 0 Å². The average Bonchev–Trinajstić information content (AvgIpc) is 2.95. The number of nitrogens with zero attached hydrogens (tertiary/aromatic N) is 3. The fourth-order valence-corrected chi connectivity index (χ4v) is 2.17. The minimum atomic E-state index is 0.114. The first-order valence-electron chi connectivity index (χ1n) is 5.90. The van der Waals surface area contributed by atoms with Gasteiger partial charge in [-0.2, -0.15) is 10.2 Å². The molecule has 18 heavy (non-hydrogen) atoms. The molecule has 6 nitrogen and oxygen atoms in total. The molecule has 92 valence electrons. The quantitative estimate of drug-likeness (QED) is 0.820. The Morgan fingerprint density at radius 1 is 1.56 bits per heavy atom. The first-order chi connectivity index (χ1) is 8.76. The summed E-state index contributed by atoms with van der Waals surface area (Å²) in [6, 6.07) is 2.91. The molecular weight excluding hydrogens is 230 g/mol. The second-order valence-corrected chi connectivity index (χ2v) is 4.51. The van der Waals surface area contributed by atoms with Crippen molar-refractivity contribution < 1.29 is 4.74 Å². The predicted octanol–water partition coefficient (Wildman–Crippen LogP) is 0.959. The summed E-state index contributed by atoms with van der Waals surface area (Å²) >= 11 is 0. The Balaban J connectivity index is 1.83. The number of nitriles is 1. The summed E-state index contributed by atoms with van der Waals surface area (Å²) in [6.45, 7) is 2.94. The first-order valence-corrected chi connectivity index (χ1v) is 5.90. The Hall–Kier alpha value is -2.13. The van der Waals surface area contributed by atoms with Crippen molar-refractivity contribution in [3.8, 4) is 12.1 Å². The van der Waals surface area contributed by atoms with E-state index < -0.39 is 0 Å². The molecule has 3 heterocycles. The van der Waals surface area contributed by atoms with Crippen LogP contribution in [0.5, 0.6) is 6.01 Å². The van der Waals surface area contributed by atoms with Crippen molar-refractivity contribution in [2.45, 2.75) is 25.5 Å². The second kappa shape index (κ2) is 4.27. The van der Waals surface area contributed by atoms with E-state index in [-0.39, 0.29) is 6.10 Å². The van der Waals surface area contributed by atoms with Crippen LogP contribution in [0.1, 0.15) is 18.9 Å². The van der Waals surface area contributed by atoms with Crippen LogP contribution in [0.4, 0.5) is 0 Å². The van der Waals surface area contributed by atoms with Crippen LogP contribution >= 0.6 is 0 Å². The topological polar surface area (TPSA) is 86.6 Å². The lowest BCUT2D eigenvalue weighted by atomic mass is 10.2. The summed E-state index contributed by atoms with van der Waals surface area (Å²) in [5, 5.41) is 12.9. The van der Waals surface area contributed by atoms with Crippen molar-refractivity contribution >= 4 is 11.0 Å². The van der Waals surface area contributed by atoms with Crippen molar-refractivity contribution in [3.63, 3.8) is 0 Å². The fraction of sp³-hybridized carbons (Fsp3) is 0.417. The summed E-state index contributed by atoms with van der Waals surface area (Å²) in [4.78, 5) is 11.4. The molecule has 1 aliphatic heterocycles. The Bertz CT molecular complexity index is 614. The molecule has 0 unspecified atom stereocenters. The maximum atomic E-state index is 8.89. The van der Waals surface area contributed by atoms with Crippen LogP contribution in [-0.2, 0) is 0 Å². The number of H-pyrrole nitrogens is 1. The Morgan fingerprint density at radius 2 is 2.44 bits per heavy atom. The molecule has 1 fully saturated rings. The minimum absolute atomic E-state index is 0.114. The summed E-state index contributed by atoms with van der Waals surface area (Å²) in [6.07, 6.45) is 4.32. The van der Waals surface area contributed by atoms with Crippen LogP contribution in [0.15, 0.2) is 12.4 Å². The molecule has 0 amide bonds. The summed E-state index contributed by atoms with van der Waals surface area (Å²) in [7, 11) is 0. The molecule has 3 rings (SSSR count). The van der Waals surface area contributed by atoms with Gasteiger partial charge in [-0.15, -0.1) is 0 Å². The van der Waals surface area contributed by atoms with Crippen LogP contribution < -0.4 is 10.1 Å². The number of hydrogen-bond acceptors (Lipinski definition) is 5. The van der Waals surface area contributed by atoms with E-state index in [9.17, 15) is 0 Å². The molecule has 2 aromatic heterocycles. The van der Waals surface area contributed by atoms with Gasteiger partial charge in [0.1, 0.15) is 17.8 Å². The van der Waals surface area contributed by atoms with Gasteiger partial charge in [-0.1, -0.05) is 0 Å². The van der Waals surface area contributed by atoms with Crippen molar-refractivity contribution in [1.82, 2.24) is 20.3 Å². The highest BCUT2D eigenvalue weighted by molar-refractivity contribution is 5.81. The molecule has 6 heteroatoms. The van der Waals surface area contributed by atoms with Crippen LogP contribution in [0.3, 0.4) is 0 Å². The molecule has 2 aromatic rings. The van der Waals surface area contributed by atoms with Gasteiger partial charge >= 0.3 is 6.01 Å². The highest BCUT2D eigenvalue weighted by atomic mass is 16.5. The smallest absolute Gasteiger partial charge is 0.318 e. The molecule has 1 aliphatic rings. The third-order valence-electron chi connectivity index (χ3n) is 3.11. The zero-order valence-corrected chi connectivity index (χ0v) is 9.97. The van der Waals surface area contributed by atoms with Gasteiger partial charge in [0, 0.05) is 31.4 Å². The maximum Gasteiger partial charge on any atom is 0.318 e. The van der Waals surface area contributed by atoms with Crippen molar-refractivity contribution in [2.75, 3.05) is 6.54 Å². The molecule has 0 radical (unpaired) electrons. The van der Waals surface area contributed by atoms with Crippen LogP contribution in [0.25, 0.3) is 11.0 Å². The van der Waals surface area contributed by atoms with Gasteiger partial charge in [0.05, 0.1) is 10.9 Å². The summed E-state index contributed by atoms with van der Waals surface area (Å²) < 4.78 is 5.71. The van der Waals surface area contributed by atoms with Crippen LogP contribution in [0, 0.1) is 11.3 Å². The van der Waals surface area contributed by atoms with E-state index in [0.29, 0.717) is 23.3 Å². The summed E-state index contributed by atoms with van der Waals surface area (Å²) in [5.74, 6) is 0. The molecule has 0 bridgehead atoms. The number of rotatable bonds is 2. The van der Waals surface area contributed by atoms with Gasteiger partial charge in [-0.05, 0) is 6.92 Å². The number of aromatic amines is 1. The zero-order chi connectivity index (χ0) is 12.5. The molecule has 0 aliphatic carbocycles. The Kier molecular flexibility index (Phi) is 2.61. The monoisotopic (exact) mass is 243 g/mol. The number of nitrogens with one attached hydrogen (secondary N) is 2. The minimum Gasteiger partial charge on any atom is -0.459 e. The molecule has 0 spiro atoms. The number of ether oxygens (including phenoxy) is 1. The molecule has 0 aromatic carbocycles. The zero-order valence-electron chi connectivity index (χ0n) is 9.97. The average molecular weight is 243 g/mol. The van der Waals surface area contributed by atoms with E-state index in [1.807, 2.05) is 0 Å². The highest BCUT2D eigenvalue weighted by Crippen LogP contribution is 2.18. The second-order valence-electron chi connectivity index (χ2n) is 4.51.